The molecule has 142 valence electrons. The normalized spacial score (nSPS) is 20.4. The molecule has 4 rings (SSSR count). The zero-order valence-corrected chi connectivity index (χ0v) is 16.5. The summed E-state index contributed by atoms with van der Waals surface area (Å²) in [6.45, 7) is 0. The molecule has 29 heavy (non-hydrogen) atoms. The number of rotatable bonds is 5. The Bertz CT molecular complexity index is 1030. The van der Waals surface area contributed by atoms with E-state index in [9.17, 15) is 10.5 Å². The Morgan fingerprint density at radius 3 is 2.03 bits per heavy atom. The van der Waals surface area contributed by atoms with Crippen molar-refractivity contribution in [3.8, 4) is 12.1 Å². The molecule has 2 nitrogen and oxygen atoms in total. The molecule has 0 aromatic heterocycles. The summed E-state index contributed by atoms with van der Waals surface area (Å²) in [6, 6.07) is 34.0. The fraction of sp³-hybridized carbons (Fsp3) is 0.259. The molecule has 0 saturated carbocycles. The summed E-state index contributed by atoms with van der Waals surface area (Å²) in [5.74, 6) is -0.470. The van der Waals surface area contributed by atoms with Gasteiger partial charge in [-0.25, -0.2) is 0 Å². The van der Waals surface area contributed by atoms with Crippen LogP contribution in [0.3, 0.4) is 0 Å². The van der Waals surface area contributed by atoms with Crippen LogP contribution in [0.5, 0.6) is 0 Å². The highest BCUT2D eigenvalue weighted by molar-refractivity contribution is 5.44. The third kappa shape index (κ3) is 3.55. The Kier molecular flexibility index (Phi) is 5.46. The highest BCUT2D eigenvalue weighted by atomic mass is 14.5. The molecule has 3 aromatic rings. The summed E-state index contributed by atoms with van der Waals surface area (Å²) < 4.78 is 0. The maximum absolute atomic E-state index is 10.1. The highest BCUT2D eigenvalue weighted by Gasteiger charge is 2.50. The molecule has 3 aromatic carbocycles. The van der Waals surface area contributed by atoms with E-state index in [-0.39, 0.29) is 5.92 Å². The smallest absolute Gasteiger partial charge is 0.143 e. The van der Waals surface area contributed by atoms with Gasteiger partial charge in [0.05, 0.1) is 12.1 Å². The third-order valence-corrected chi connectivity index (χ3v) is 6.45. The summed E-state index contributed by atoms with van der Waals surface area (Å²) in [4.78, 5) is 0. The van der Waals surface area contributed by atoms with Gasteiger partial charge < -0.3 is 0 Å². The molecule has 0 heterocycles. The van der Waals surface area contributed by atoms with Crippen molar-refractivity contribution in [1.82, 2.24) is 0 Å². The minimum absolute atomic E-state index is 0.226. The number of benzene rings is 3. The van der Waals surface area contributed by atoms with Gasteiger partial charge in [0.1, 0.15) is 5.92 Å². The molecule has 0 amide bonds. The molecule has 0 spiro atoms. The van der Waals surface area contributed by atoms with Gasteiger partial charge in [-0.1, -0.05) is 84.9 Å². The number of hydrogen-bond donors (Lipinski definition) is 0. The largest absolute Gasteiger partial charge is 0.197 e. The molecular weight excluding hydrogens is 352 g/mol. The maximum atomic E-state index is 10.1. The first-order chi connectivity index (χ1) is 14.3. The molecule has 0 saturated heterocycles. The van der Waals surface area contributed by atoms with E-state index < -0.39 is 11.3 Å². The molecule has 0 N–H and O–H groups in total. The van der Waals surface area contributed by atoms with E-state index in [1.54, 1.807) is 0 Å². The van der Waals surface area contributed by atoms with E-state index in [1.165, 1.54) is 22.3 Å². The molecule has 0 bridgehead atoms. The van der Waals surface area contributed by atoms with Crippen LogP contribution in [0.4, 0.5) is 0 Å². The first-order valence-electron chi connectivity index (χ1n) is 10.2. The highest BCUT2D eigenvalue weighted by Crippen LogP contribution is 2.50. The van der Waals surface area contributed by atoms with E-state index in [0.29, 0.717) is 6.42 Å². The van der Waals surface area contributed by atoms with Crippen LogP contribution in [-0.2, 0) is 24.7 Å². The minimum Gasteiger partial charge on any atom is -0.197 e. The predicted octanol–water partition coefficient (Wildman–Crippen LogP) is 5.64. The van der Waals surface area contributed by atoms with Gasteiger partial charge in [-0.15, -0.1) is 0 Å². The van der Waals surface area contributed by atoms with E-state index >= 15 is 0 Å². The van der Waals surface area contributed by atoms with Crippen molar-refractivity contribution in [2.45, 2.75) is 31.1 Å². The number of aryl methyl sites for hydroxylation is 1. The molecule has 2 atom stereocenters. The Hall–Kier alpha value is -3.36. The molecule has 2 heteroatoms. The standard InChI is InChI=1S/C27H24N2/c28-19-25(20-29)27(18-22-11-5-2-6-12-22)24(17-21-9-3-1-4-10-21)16-15-23-13-7-8-14-26(23)27/h1-14,24-25H,15-18H2/t24-,27-/m1/s1. The van der Waals surface area contributed by atoms with Crippen LogP contribution in [0.25, 0.3) is 0 Å². The fourth-order valence-electron chi connectivity index (χ4n) is 5.11. The third-order valence-electron chi connectivity index (χ3n) is 6.45. The van der Waals surface area contributed by atoms with Crippen molar-refractivity contribution in [2.24, 2.45) is 11.8 Å². The van der Waals surface area contributed by atoms with Crippen LogP contribution in [-0.4, -0.2) is 0 Å². The fourth-order valence-corrected chi connectivity index (χ4v) is 5.11. The monoisotopic (exact) mass is 376 g/mol. The van der Waals surface area contributed by atoms with Gasteiger partial charge in [0.15, 0.2) is 0 Å². The molecule has 0 unspecified atom stereocenters. The lowest BCUT2D eigenvalue weighted by molar-refractivity contribution is 0.198. The van der Waals surface area contributed by atoms with Gasteiger partial charge in [-0.3, -0.25) is 0 Å². The van der Waals surface area contributed by atoms with Gasteiger partial charge in [-0.2, -0.15) is 10.5 Å². The van der Waals surface area contributed by atoms with Gasteiger partial charge >= 0.3 is 0 Å². The average Bonchev–Trinajstić information content (AvgIpc) is 2.78. The van der Waals surface area contributed by atoms with Crippen LogP contribution in [0.1, 0.15) is 28.7 Å². The lowest BCUT2D eigenvalue weighted by Gasteiger charge is -2.47. The van der Waals surface area contributed by atoms with Crippen molar-refractivity contribution in [3.05, 3.63) is 107 Å². The molecule has 0 fully saturated rings. The van der Waals surface area contributed by atoms with Crippen molar-refractivity contribution in [1.29, 1.82) is 10.5 Å². The van der Waals surface area contributed by atoms with Crippen LogP contribution in [0.2, 0.25) is 0 Å². The Balaban J connectivity index is 1.89. The molecular formula is C27H24N2. The second-order valence-corrected chi connectivity index (χ2v) is 7.98. The van der Waals surface area contributed by atoms with Crippen LogP contribution >= 0.6 is 0 Å². The summed E-state index contributed by atoms with van der Waals surface area (Å²) >= 11 is 0. The molecule has 1 aliphatic rings. The SMILES string of the molecule is N#CC(C#N)[C@]1(Cc2ccccc2)c2ccccc2CC[C@@H]1Cc1ccccc1. The van der Waals surface area contributed by atoms with Crippen molar-refractivity contribution in [2.75, 3.05) is 0 Å². The Morgan fingerprint density at radius 1 is 0.793 bits per heavy atom. The van der Waals surface area contributed by atoms with Crippen molar-refractivity contribution < 1.29 is 0 Å². The zero-order chi connectivity index (χ0) is 20.1. The van der Waals surface area contributed by atoms with E-state index in [4.69, 9.17) is 0 Å². The maximum Gasteiger partial charge on any atom is 0.143 e. The summed E-state index contributed by atoms with van der Waals surface area (Å²) in [5.41, 5.74) is 4.39. The van der Waals surface area contributed by atoms with Gasteiger partial charge in [0, 0.05) is 5.41 Å². The first-order valence-corrected chi connectivity index (χ1v) is 10.2. The lowest BCUT2D eigenvalue weighted by atomic mass is 9.54. The lowest BCUT2D eigenvalue weighted by Crippen LogP contribution is -2.47. The topological polar surface area (TPSA) is 47.6 Å². The van der Waals surface area contributed by atoms with Gasteiger partial charge in [0.25, 0.3) is 0 Å². The van der Waals surface area contributed by atoms with Gasteiger partial charge in [-0.05, 0) is 53.9 Å². The first kappa shape index (κ1) is 19.0. The van der Waals surface area contributed by atoms with Crippen LogP contribution < -0.4 is 0 Å². The number of fused-ring (bicyclic) bond motifs is 1. The summed E-state index contributed by atoms with van der Waals surface area (Å²) in [7, 11) is 0. The molecule has 1 aliphatic carbocycles. The second-order valence-electron chi connectivity index (χ2n) is 7.98. The Labute approximate surface area is 173 Å². The summed E-state index contributed by atoms with van der Waals surface area (Å²) in [6.07, 6.45) is 3.56. The second kappa shape index (κ2) is 8.34. The molecule has 0 aliphatic heterocycles. The van der Waals surface area contributed by atoms with Crippen molar-refractivity contribution in [3.63, 3.8) is 0 Å². The zero-order valence-electron chi connectivity index (χ0n) is 16.5. The number of nitriles is 2. The van der Waals surface area contributed by atoms with E-state index in [1.807, 2.05) is 24.3 Å². The summed E-state index contributed by atoms with van der Waals surface area (Å²) in [5, 5.41) is 20.1. The van der Waals surface area contributed by atoms with Crippen LogP contribution in [0.15, 0.2) is 84.9 Å². The quantitative estimate of drug-likeness (QED) is 0.579. The number of nitrogens with zero attached hydrogens (tertiary/aromatic N) is 2. The van der Waals surface area contributed by atoms with Gasteiger partial charge in [0.2, 0.25) is 0 Å². The number of hydrogen-bond acceptors (Lipinski definition) is 2. The average molecular weight is 377 g/mol. The molecule has 0 radical (unpaired) electrons. The van der Waals surface area contributed by atoms with Crippen LogP contribution in [0, 0.1) is 34.5 Å². The predicted molar refractivity (Wildman–Crippen MR) is 115 cm³/mol. The van der Waals surface area contributed by atoms with Crippen molar-refractivity contribution >= 4 is 0 Å². The minimum atomic E-state index is -0.696. The van der Waals surface area contributed by atoms with E-state index in [2.05, 4.69) is 72.8 Å². The van der Waals surface area contributed by atoms with E-state index in [0.717, 1.165) is 19.3 Å². The Morgan fingerprint density at radius 2 is 1.38 bits per heavy atom.